The number of nitrogens with zero attached hydrogens (tertiary/aromatic N) is 2. The number of nitrogens with one attached hydrogen (secondary N) is 2. The van der Waals surface area contributed by atoms with Crippen molar-refractivity contribution in [3.05, 3.63) is 71.0 Å². The van der Waals surface area contributed by atoms with E-state index >= 15 is 0 Å². The van der Waals surface area contributed by atoms with E-state index < -0.39 is 0 Å². The average molecular weight is 378 g/mol. The molecular weight excluding hydrogens is 355 g/mol. The van der Waals surface area contributed by atoms with Gasteiger partial charge in [-0.25, -0.2) is 4.39 Å². The number of hydrogen-bond donors (Lipinski definition) is 2. The second-order valence-electron chi connectivity index (χ2n) is 7.43. The number of carbonyl (C=O) groups is 1. The largest absolute Gasteiger partial charge is 0.353 e. The smallest absolute Gasteiger partial charge is 0.251 e. The molecule has 1 unspecified atom stereocenters. The Balaban J connectivity index is 1.40. The van der Waals surface area contributed by atoms with Gasteiger partial charge in [0, 0.05) is 30.8 Å². The molecule has 4 rings (SSSR count). The Hall–Kier alpha value is -3.15. The summed E-state index contributed by atoms with van der Waals surface area (Å²) < 4.78 is 13.1. The third kappa shape index (κ3) is 3.91. The third-order valence-corrected chi connectivity index (χ3v) is 5.05. The van der Waals surface area contributed by atoms with Crippen LogP contribution in [0.15, 0.2) is 48.5 Å². The van der Waals surface area contributed by atoms with Gasteiger partial charge in [0.25, 0.3) is 5.91 Å². The molecule has 28 heavy (non-hydrogen) atoms. The molecule has 5 nitrogen and oxygen atoms in total. The fourth-order valence-corrected chi connectivity index (χ4v) is 3.71. The summed E-state index contributed by atoms with van der Waals surface area (Å²) in [6.45, 7) is 5.53. The molecule has 1 amide bonds. The Morgan fingerprint density at radius 2 is 1.86 bits per heavy atom. The first-order valence-electron chi connectivity index (χ1n) is 9.43. The van der Waals surface area contributed by atoms with Crippen molar-refractivity contribution in [2.24, 2.45) is 0 Å². The summed E-state index contributed by atoms with van der Waals surface area (Å²) in [4.78, 5) is 14.7. The molecule has 2 N–H and O–H groups in total. The van der Waals surface area contributed by atoms with Crippen LogP contribution in [-0.2, 0) is 0 Å². The summed E-state index contributed by atoms with van der Waals surface area (Å²) in [6, 6.07) is 14.3. The van der Waals surface area contributed by atoms with Crippen molar-refractivity contribution in [3.8, 4) is 11.3 Å². The number of benzene rings is 2. The van der Waals surface area contributed by atoms with Crippen LogP contribution in [0.3, 0.4) is 0 Å². The lowest BCUT2D eigenvalue weighted by molar-refractivity contribution is 0.0940. The number of rotatable bonds is 4. The van der Waals surface area contributed by atoms with E-state index in [2.05, 4.69) is 26.5 Å². The molecule has 0 spiro atoms. The lowest BCUT2D eigenvalue weighted by Crippen LogP contribution is -2.37. The molecule has 1 aliphatic heterocycles. The zero-order valence-electron chi connectivity index (χ0n) is 16.0. The lowest BCUT2D eigenvalue weighted by atomic mass is 10.1. The molecule has 0 bridgehead atoms. The number of amides is 1. The molecule has 3 aromatic rings. The maximum Gasteiger partial charge on any atom is 0.251 e. The zero-order chi connectivity index (χ0) is 19.7. The van der Waals surface area contributed by atoms with Crippen LogP contribution in [0.25, 0.3) is 11.3 Å². The number of hydrogen-bond acceptors (Lipinski definition) is 3. The molecule has 6 heteroatoms. The van der Waals surface area contributed by atoms with Gasteiger partial charge in [0.05, 0.1) is 5.69 Å². The standard InChI is InChI=1S/C22H23FN4O/c1-14-9-15(2)11-17(10-14)22(28)24-19-7-8-27(13-19)21-12-20(25-26-21)16-3-5-18(23)6-4-16/h3-6,9-12,19H,7-8,13H2,1-2H3,(H,24,28)(H,25,26). The summed E-state index contributed by atoms with van der Waals surface area (Å²) in [5.41, 5.74) is 4.61. The van der Waals surface area contributed by atoms with Crippen molar-refractivity contribution in [1.29, 1.82) is 0 Å². The first-order chi connectivity index (χ1) is 13.5. The van der Waals surface area contributed by atoms with Gasteiger partial charge in [-0.15, -0.1) is 0 Å². The van der Waals surface area contributed by atoms with Gasteiger partial charge in [0.2, 0.25) is 0 Å². The minimum absolute atomic E-state index is 0.0346. The van der Waals surface area contributed by atoms with E-state index in [9.17, 15) is 9.18 Å². The summed E-state index contributed by atoms with van der Waals surface area (Å²) in [7, 11) is 0. The van der Waals surface area contributed by atoms with E-state index in [1.165, 1.54) is 12.1 Å². The number of aryl methyl sites for hydroxylation is 2. The van der Waals surface area contributed by atoms with Gasteiger partial charge in [0.1, 0.15) is 5.82 Å². The maximum absolute atomic E-state index is 13.1. The van der Waals surface area contributed by atoms with E-state index in [1.807, 2.05) is 32.0 Å². The molecule has 1 aromatic heterocycles. The molecule has 144 valence electrons. The molecule has 0 aliphatic carbocycles. The first kappa shape index (κ1) is 18.2. The predicted octanol–water partition coefficient (Wildman–Crippen LogP) is 3.84. The van der Waals surface area contributed by atoms with Gasteiger partial charge < -0.3 is 10.2 Å². The molecule has 2 heterocycles. The van der Waals surface area contributed by atoms with E-state index in [-0.39, 0.29) is 17.8 Å². The minimum Gasteiger partial charge on any atom is -0.353 e. The minimum atomic E-state index is -0.259. The molecule has 1 atom stereocenters. The highest BCUT2D eigenvalue weighted by atomic mass is 19.1. The highest BCUT2D eigenvalue weighted by Crippen LogP contribution is 2.24. The third-order valence-electron chi connectivity index (χ3n) is 5.05. The van der Waals surface area contributed by atoms with Crippen LogP contribution in [0.4, 0.5) is 10.2 Å². The van der Waals surface area contributed by atoms with Gasteiger partial charge in [-0.1, -0.05) is 17.2 Å². The van der Waals surface area contributed by atoms with Crippen molar-refractivity contribution in [3.63, 3.8) is 0 Å². The molecule has 1 aliphatic rings. The molecule has 0 radical (unpaired) electrons. The number of aromatic nitrogens is 2. The molecule has 1 saturated heterocycles. The molecule has 2 aromatic carbocycles. The van der Waals surface area contributed by atoms with Crippen molar-refractivity contribution in [2.75, 3.05) is 18.0 Å². The van der Waals surface area contributed by atoms with E-state index in [1.54, 1.807) is 12.1 Å². The fourth-order valence-electron chi connectivity index (χ4n) is 3.71. The van der Waals surface area contributed by atoms with Gasteiger partial charge >= 0.3 is 0 Å². The van der Waals surface area contributed by atoms with Gasteiger partial charge in [-0.05, 0) is 62.2 Å². The second-order valence-corrected chi connectivity index (χ2v) is 7.43. The Morgan fingerprint density at radius 3 is 2.57 bits per heavy atom. The first-order valence-corrected chi connectivity index (χ1v) is 9.43. The van der Waals surface area contributed by atoms with E-state index in [0.29, 0.717) is 12.1 Å². The summed E-state index contributed by atoms with van der Waals surface area (Å²) in [5.74, 6) is 0.542. The van der Waals surface area contributed by atoms with Crippen LogP contribution < -0.4 is 10.2 Å². The molecule has 0 saturated carbocycles. The van der Waals surface area contributed by atoms with Gasteiger partial charge in [-0.3, -0.25) is 9.89 Å². The van der Waals surface area contributed by atoms with E-state index in [0.717, 1.165) is 41.2 Å². The Bertz CT molecular complexity index is 976. The molecule has 1 fully saturated rings. The number of anilines is 1. The Labute approximate surface area is 163 Å². The van der Waals surface area contributed by atoms with Crippen molar-refractivity contribution >= 4 is 11.7 Å². The predicted molar refractivity (Wildman–Crippen MR) is 108 cm³/mol. The quantitative estimate of drug-likeness (QED) is 0.725. The van der Waals surface area contributed by atoms with Crippen LogP contribution in [0.2, 0.25) is 0 Å². The SMILES string of the molecule is Cc1cc(C)cc(C(=O)NC2CCN(c3cc(-c4ccc(F)cc4)[nH]n3)C2)c1. The molecular formula is C22H23FN4O. The highest BCUT2D eigenvalue weighted by Gasteiger charge is 2.26. The lowest BCUT2D eigenvalue weighted by Gasteiger charge is -2.16. The van der Waals surface area contributed by atoms with Crippen LogP contribution in [0, 0.1) is 19.7 Å². The topological polar surface area (TPSA) is 61.0 Å². The fraction of sp³-hybridized carbons (Fsp3) is 0.273. The summed E-state index contributed by atoms with van der Waals surface area (Å²) >= 11 is 0. The summed E-state index contributed by atoms with van der Waals surface area (Å²) in [5, 5.41) is 10.5. The van der Waals surface area contributed by atoms with Crippen LogP contribution in [-0.4, -0.2) is 35.2 Å². The van der Waals surface area contributed by atoms with Crippen molar-refractivity contribution < 1.29 is 9.18 Å². The van der Waals surface area contributed by atoms with E-state index in [4.69, 9.17) is 0 Å². The normalized spacial score (nSPS) is 16.4. The zero-order valence-corrected chi connectivity index (χ0v) is 16.0. The number of halogens is 1. The van der Waals surface area contributed by atoms with Crippen molar-refractivity contribution in [1.82, 2.24) is 15.5 Å². The second kappa shape index (κ2) is 7.46. The number of H-pyrrole nitrogens is 1. The average Bonchev–Trinajstić information content (AvgIpc) is 3.31. The van der Waals surface area contributed by atoms with Crippen LogP contribution in [0.1, 0.15) is 27.9 Å². The Morgan fingerprint density at radius 1 is 1.14 bits per heavy atom. The number of aromatic amines is 1. The number of carbonyl (C=O) groups excluding carboxylic acids is 1. The Kier molecular flexibility index (Phi) is 4.86. The highest BCUT2D eigenvalue weighted by molar-refractivity contribution is 5.94. The van der Waals surface area contributed by atoms with Crippen molar-refractivity contribution in [2.45, 2.75) is 26.3 Å². The van der Waals surface area contributed by atoms with Crippen LogP contribution in [0.5, 0.6) is 0 Å². The maximum atomic E-state index is 13.1. The monoisotopic (exact) mass is 378 g/mol. The van der Waals surface area contributed by atoms with Gasteiger partial charge in [0.15, 0.2) is 5.82 Å². The summed E-state index contributed by atoms with van der Waals surface area (Å²) in [6.07, 6.45) is 0.870. The van der Waals surface area contributed by atoms with Gasteiger partial charge in [-0.2, -0.15) is 5.10 Å². The van der Waals surface area contributed by atoms with Crippen LogP contribution >= 0.6 is 0 Å².